The quantitative estimate of drug-likeness (QED) is 0.352. The molecule has 8 heteroatoms. The molecule has 4 aromatic rings. The number of hydrogen-bond donors (Lipinski definition) is 2. The number of anilines is 1. The average Bonchev–Trinajstić information content (AvgIpc) is 3.64. The van der Waals surface area contributed by atoms with Crippen LogP contribution in [0.1, 0.15) is 38.2 Å². The number of rotatable bonds is 6. The molecular weight excluding hydrogens is 491 g/mol. The van der Waals surface area contributed by atoms with E-state index in [1.807, 2.05) is 37.3 Å². The van der Waals surface area contributed by atoms with Crippen LogP contribution in [0.5, 0.6) is 6.01 Å². The molecule has 7 rings (SSSR count). The third kappa shape index (κ3) is 4.30. The maximum atomic E-state index is 16.5. The predicted octanol–water partition coefficient (Wildman–Crippen LogP) is 5.32. The molecule has 0 bridgehead atoms. The Morgan fingerprint density at radius 1 is 1.10 bits per heavy atom. The largest absolute Gasteiger partial charge is 0.461 e. The molecule has 0 aliphatic carbocycles. The lowest BCUT2D eigenvalue weighted by Gasteiger charge is -2.31. The van der Waals surface area contributed by atoms with Gasteiger partial charge in [0.15, 0.2) is 5.82 Å². The maximum absolute atomic E-state index is 16.5. The molecule has 0 unspecified atom stereocenters. The van der Waals surface area contributed by atoms with Crippen LogP contribution in [-0.2, 0) is 0 Å². The monoisotopic (exact) mass is 526 g/mol. The Hall–Kier alpha value is -3.36. The summed E-state index contributed by atoms with van der Waals surface area (Å²) in [6.07, 6.45) is 6.34. The summed E-state index contributed by atoms with van der Waals surface area (Å²) < 4.78 is 22.8. The minimum Gasteiger partial charge on any atom is -0.461 e. The Kier molecular flexibility index (Phi) is 6.12. The normalized spacial score (nSPS) is 22.5. The Morgan fingerprint density at radius 2 is 1.92 bits per heavy atom. The number of nitrogens with one attached hydrogen (secondary N) is 2. The van der Waals surface area contributed by atoms with Gasteiger partial charge in [-0.15, -0.1) is 0 Å². The Balaban J connectivity index is 1.33. The van der Waals surface area contributed by atoms with Gasteiger partial charge in [-0.05, 0) is 80.6 Å². The van der Waals surface area contributed by atoms with E-state index in [4.69, 9.17) is 9.72 Å². The van der Waals surface area contributed by atoms with E-state index in [9.17, 15) is 0 Å². The summed E-state index contributed by atoms with van der Waals surface area (Å²) in [5, 5.41) is 9.58. The van der Waals surface area contributed by atoms with E-state index in [0.29, 0.717) is 29.4 Å². The van der Waals surface area contributed by atoms with Gasteiger partial charge in [0, 0.05) is 24.3 Å². The van der Waals surface area contributed by atoms with E-state index in [1.165, 1.54) is 12.8 Å². The number of ether oxygens (including phenoxy) is 1. The topological polar surface area (TPSA) is 75.2 Å². The molecule has 0 amide bonds. The number of hydrogen-bond acceptors (Lipinski definition) is 7. The molecule has 2 atom stereocenters. The van der Waals surface area contributed by atoms with Gasteiger partial charge in [0.05, 0.1) is 10.9 Å². The van der Waals surface area contributed by atoms with Gasteiger partial charge in [-0.3, -0.25) is 9.88 Å². The highest BCUT2D eigenvalue weighted by Gasteiger charge is 2.45. The van der Waals surface area contributed by atoms with Crippen molar-refractivity contribution in [2.75, 3.05) is 38.1 Å². The minimum atomic E-state index is -0.447. The van der Waals surface area contributed by atoms with Crippen LogP contribution in [0.3, 0.4) is 0 Å². The zero-order valence-corrected chi connectivity index (χ0v) is 22.6. The zero-order valence-electron chi connectivity index (χ0n) is 22.6. The molecule has 2 aromatic carbocycles. The van der Waals surface area contributed by atoms with Gasteiger partial charge >= 0.3 is 6.01 Å². The summed E-state index contributed by atoms with van der Waals surface area (Å²) in [7, 11) is 0. The van der Waals surface area contributed by atoms with Gasteiger partial charge < -0.3 is 15.4 Å². The number of pyridine rings is 1. The molecule has 3 aliphatic heterocycles. The van der Waals surface area contributed by atoms with Gasteiger partial charge in [0.2, 0.25) is 0 Å². The second-order valence-electron chi connectivity index (χ2n) is 11.7. The average molecular weight is 527 g/mol. The van der Waals surface area contributed by atoms with Gasteiger partial charge in [-0.2, -0.15) is 9.97 Å². The minimum absolute atomic E-state index is 0.0538. The summed E-state index contributed by atoms with van der Waals surface area (Å²) in [5.41, 5.74) is 2.41. The molecule has 2 N–H and O–H groups in total. The SMILES string of the molecule is Cc1cc(-c2ncc3c(N[C@H]4CNC[C@@H]4C)nc(OCC45CCCN4CCC5)nc3c2F)c2ccccc2c1. The van der Waals surface area contributed by atoms with Crippen LogP contribution in [0, 0.1) is 18.7 Å². The van der Waals surface area contributed by atoms with Crippen LogP contribution in [0.4, 0.5) is 10.2 Å². The zero-order chi connectivity index (χ0) is 26.6. The summed E-state index contributed by atoms with van der Waals surface area (Å²) in [5.74, 6) is 0.548. The Morgan fingerprint density at radius 3 is 2.72 bits per heavy atom. The van der Waals surface area contributed by atoms with Gasteiger partial charge in [-0.1, -0.05) is 37.3 Å². The van der Waals surface area contributed by atoms with Gasteiger partial charge in [-0.25, -0.2) is 4.39 Å². The molecule has 7 nitrogen and oxygen atoms in total. The lowest BCUT2D eigenvalue weighted by molar-refractivity contribution is 0.108. The van der Waals surface area contributed by atoms with Crippen LogP contribution >= 0.6 is 0 Å². The van der Waals surface area contributed by atoms with Crippen LogP contribution in [0.15, 0.2) is 42.6 Å². The highest BCUT2D eigenvalue weighted by Crippen LogP contribution is 2.40. The number of halogens is 1. The number of aromatic nitrogens is 3. The van der Waals surface area contributed by atoms with E-state index in [2.05, 4.69) is 38.5 Å². The lowest BCUT2D eigenvalue weighted by Crippen LogP contribution is -2.43. The van der Waals surface area contributed by atoms with Crippen LogP contribution in [-0.4, -0.2) is 64.2 Å². The molecule has 2 aromatic heterocycles. The first-order chi connectivity index (χ1) is 19.0. The number of aryl methyl sites for hydroxylation is 1. The van der Waals surface area contributed by atoms with Crippen molar-refractivity contribution in [3.63, 3.8) is 0 Å². The molecule has 3 aliphatic rings. The van der Waals surface area contributed by atoms with Gasteiger partial charge in [0.25, 0.3) is 0 Å². The van der Waals surface area contributed by atoms with Crippen LogP contribution < -0.4 is 15.4 Å². The highest BCUT2D eigenvalue weighted by atomic mass is 19.1. The molecule has 0 saturated carbocycles. The van der Waals surface area contributed by atoms with Crippen LogP contribution in [0.25, 0.3) is 32.9 Å². The molecule has 0 spiro atoms. The molecule has 0 radical (unpaired) electrons. The number of nitrogens with zero attached hydrogens (tertiary/aromatic N) is 4. The fraction of sp³-hybridized carbons (Fsp3) is 0.452. The van der Waals surface area contributed by atoms with E-state index < -0.39 is 5.82 Å². The standard InChI is InChI=1S/C31H35FN6O/c1-19-13-21-7-3-4-8-22(21)23(14-19)27-26(32)28-24(16-34-27)29(35-25-17-33-15-20(25)2)37-30(36-28)39-18-31-9-5-11-38(31)12-6-10-31/h3-4,7-8,13-14,16,20,25,33H,5-6,9-12,15,17-18H2,1-2H3,(H,35,36,37)/t20-,25-/m0/s1. The summed E-state index contributed by atoms with van der Waals surface area (Å²) >= 11 is 0. The third-order valence-corrected chi connectivity index (χ3v) is 9.05. The first-order valence-corrected chi connectivity index (χ1v) is 14.2. The molecule has 3 fully saturated rings. The van der Waals surface area contributed by atoms with Crippen molar-refractivity contribution in [1.82, 2.24) is 25.2 Å². The maximum Gasteiger partial charge on any atom is 0.319 e. The fourth-order valence-corrected chi connectivity index (χ4v) is 6.89. The summed E-state index contributed by atoms with van der Waals surface area (Å²) in [4.78, 5) is 16.6. The summed E-state index contributed by atoms with van der Waals surface area (Å²) in [6.45, 7) is 8.75. The second kappa shape index (κ2) is 9.68. The number of benzene rings is 2. The second-order valence-corrected chi connectivity index (χ2v) is 11.7. The fourth-order valence-electron chi connectivity index (χ4n) is 6.89. The van der Waals surface area contributed by atoms with Crippen molar-refractivity contribution in [1.29, 1.82) is 0 Å². The summed E-state index contributed by atoms with van der Waals surface area (Å²) in [6, 6.07) is 12.5. The van der Waals surface area contributed by atoms with E-state index in [1.54, 1.807) is 6.20 Å². The van der Waals surface area contributed by atoms with Crippen molar-refractivity contribution < 1.29 is 9.13 Å². The molecular formula is C31H35FN6O. The smallest absolute Gasteiger partial charge is 0.319 e. The first kappa shape index (κ1) is 24.7. The van der Waals surface area contributed by atoms with Crippen LogP contribution in [0.2, 0.25) is 0 Å². The third-order valence-electron chi connectivity index (χ3n) is 9.05. The predicted molar refractivity (Wildman–Crippen MR) is 153 cm³/mol. The Bertz CT molecular complexity index is 1550. The molecule has 202 valence electrons. The van der Waals surface area contributed by atoms with Crippen molar-refractivity contribution in [2.24, 2.45) is 5.92 Å². The molecule has 39 heavy (non-hydrogen) atoms. The van der Waals surface area contributed by atoms with E-state index in [0.717, 1.165) is 60.9 Å². The molecule has 3 saturated heterocycles. The van der Waals surface area contributed by atoms with E-state index in [-0.39, 0.29) is 23.1 Å². The first-order valence-electron chi connectivity index (χ1n) is 14.2. The van der Waals surface area contributed by atoms with Crippen molar-refractivity contribution in [3.05, 3.63) is 54.0 Å². The van der Waals surface area contributed by atoms with E-state index >= 15 is 4.39 Å². The van der Waals surface area contributed by atoms with Gasteiger partial charge in [0.1, 0.15) is 23.6 Å². The van der Waals surface area contributed by atoms with Crippen molar-refractivity contribution in [3.8, 4) is 17.3 Å². The van der Waals surface area contributed by atoms with Crippen molar-refractivity contribution >= 4 is 27.5 Å². The lowest BCUT2D eigenvalue weighted by atomic mass is 9.95. The number of fused-ring (bicyclic) bond motifs is 3. The Labute approximate surface area is 228 Å². The highest BCUT2D eigenvalue weighted by molar-refractivity contribution is 5.99. The molecule has 5 heterocycles. The van der Waals surface area contributed by atoms with Crippen molar-refractivity contribution in [2.45, 2.75) is 51.1 Å².